The van der Waals surface area contributed by atoms with Crippen molar-refractivity contribution in [1.29, 1.82) is 0 Å². The van der Waals surface area contributed by atoms with E-state index in [4.69, 9.17) is 34.8 Å². The molecule has 0 aliphatic rings. The third-order valence-corrected chi connectivity index (χ3v) is 5.37. The van der Waals surface area contributed by atoms with E-state index in [1.165, 1.54) is 18.2 Å². The van der Waals surface area contributed by atoms with Crippen molar-refractivity contribution in [2.45, 2.75) is 10.9 Å². The Bertz CT molecular complexity index is 720. The highest BCUT2D eigenvalue weighted by Gasteiger charge is 2.21. The molecule has 0 saturated carbocycles. The summed E-state index contributed by atoms with van der Waals surface area (Å²) in [7, 11) is -3.74. The summed E-state index contributed by atoms with van der Waals surface area (Å²) in [5, 5.41) is 0.481. The first-order valence-electron chi connectivity index (χ1n) is 6.02. The Morgan fingerprint density at radius 3 is 2.24 bits per heavy atom. The van der Waals surface area contributed by atoms with Crippen LogP contribution in [0.25, 0.3) is 0 Å². The Morgan fingerprint density at radius 2 is 1.67 bits per heavy atom. The van der Waals surface area contributed by atoms with Crippen LogP contribution in [-0.4, -0.2) is 14.3 Å². The van der Waals surface area contributed by atoms with E-state index in [1.54, 1.807) is 0 Å². The van der Waals surface area contributed by atoms with Gasteiger partial charge in [-0.3, -0.25) is 0 Å². The van der Waals surface area contributed by atoms with E-state index < -0.39 is 16.1 Å². The summed E-state index contributed by atoms with van der Waals surface area (Å²) >= 11 is 17.5. The lowest BCUT2D eigenvalue weighted by molar-refractivity contribution is 0.568. The Kier molecular flexibility index (Phi) is 5.52. The third-order valence-electron chi connectivity index (χ3n) is 2.86. The van der Waals surface area contributed by atoms with E-state index in [-0.39, 0.29) is 15.8 Å². The lowest BCUT2D eigenvalue weighted by atomic mass is 10.1. The van der Waals surface area contributed by atoms with Crippen LogP contribution in [0, 0.1) is 0 Å². The van der Waals surface area contributed by atoms with Crippen LogP contribution in [0.3, 0.4) is 0 Å². The number of benzene rings is 2. The number of halogens is 3. The van der Waals surface area contributed by atoms with Crippen molar-refractivity contribution >= 4 is 44.8 Å². The van der Waals surface area contributed by atoms with Crippen molar-refractivity contribution in [3.8, 4) is 0 Å². The van der Waals surface area contributed by atoms with Gasteiger partial charge in [0.2, 0.25) is 10.0 Å². The molecule has 0 heterocycles. The van der Waals surface area contributed by atoms with Crippen molar-refractivity contribution in [3.63, 3.8) is 0 Å². The maximum Gasteiger partial charge on any atom is 0.241 e. The standard InChI is InChI=1S/C14H12Cl3NO2S/c15-9-14(10-4-2-1-3-5-10)18-21(19,20)11-6-7-12(16)13(17)8-11/h1-8,14,18H,9H2. The largest absolute Gasteiger partial charge is 0.241 e. The van der Waals surface area contributed by atoms with Crippen molar-refractivity contribution in [1.82, 2.24) is 4.72 Å². The van der Waals surface area contributed by atoms with Crippen LogP contribution in [0.1, 0.15) is 11.6 Å². The second kappa shape index (κ2) is 6.99. The SMILES string of the molecule is O=S(=O)(NC(CCl)c1ccccc1)c1ccc(Cl)c(Cl)c1. The monoisotopic (exact) mass is 363 g/mol. The zero-order valence-electron chi connectivity index (χ0n) is 10.8. The van der Waals surface area contributed by atoms with E-state index >= 15 is 0 Å². The smallest absolute Gasteiger partial charge is 0.207 e. The highest BCUT2D eigenvalue weighted by Crippen LogP contribution is 2.26. The molecule has 7 heteroatoms. The van der Waals surface area contributed by atoms with E-state index in [0.29, 0.717) is 5.02 Å². The first kappa shape index (κ1) is 16.6. The van der Waals surface area contributed by atoms with Gasteiger partial charge >= 0.3 is 0 Å². The summed E-state index contributed by atoms with van der Waals surface area (Å²) in [4.78, 5) is 0.0444. The van der Waals surface area contributed by atoms with Gasteiger partial charge in [0.15, 0.2) is 0 Å². The van der Waals surface area contributed by atoms with Crippen molar-refractivity contribution in [2.75, 3.05) is 5.88 Å². The predicted molar refractivity (Wildman–Crippen MR) is 86.7 cm³/mol. The molecule has 3 nitrogen and oxygen atoms in total. The Labute approximate surface area is 138 Å². The van der Waals surface area contributed by atoms with Gasteiger partial charge in [-0.25, -0.2) is 13.1 Å². The van der Waals surface area contributed by atoms with Crippen LogP contribution < -0.4 is 4.72 Å². The van der Waals surface area contributed by atoms with Crippen LogP contribution >= 0.6 is 34.8 Å². The zero-order chi connectivity index (χ0) is 15.5. The molecule has 1 N–H and O–H groups in total. The summed E-state index contributed by atoms with van der Waals surface area (Å²) in [6.45, 7) is 0. The van der Waals surface area contributed by atoms with E-state index in [9.17, 15) is 8.42 Å². The first-order valence-corrected chi connectivity index (χ1v) is 8.79. The summed E-state index contributed by atoms with van der Waals surface area (Å²) in [5.41, 5.74) is 0.788. The summed E-state index contributed by atoms with van der Waals surface area (Å²) in [6.07, 6.45) is 0. The van der Waals surface area contributed by atoms with Gasteiger partial charge in [-0.05, 0) is 23.8 Å². The van der Waals surface area contributed by atoms with Gasteiger partial charge < -0.3 is 0 Å². The minimum absolute atomic E-state index is 0.0444. The fourth-order valence-corrected chi connectivity index (χ4v) is 3.73. The van der Waals surface area contributed by atoms with E-state index in [0.717, 1.165) is 5.56 Å². The molecule has 112 valence electrons. The second-order valence-corrected chi connectivity index (χ2v) is 7.15. The lowest BCUT2D eigenvalue weighted by Crippen LogP contribution is -2.29. The molecule has 2 aromatic carbocycles. The van der Waals surface area contributed by atoms with Crippen molar-refractivity contribution in [2.24, 2.45) is 0 Å². The van der Waals surface area contributed by atoms with Gasteiger partial charge in [-0.15, -0.1) is 11.6 Å². The van der Waals surface area contributed by atoms with Gasteiger partial charge in [-0.2, -0.15) is 0 Å². The van der Waals surface area contributed by atoms with Gasteiger partial charge in [0.25, 0.3) is 0 Å². The average Bonchev–Trinajstić information content (AvgIpc) is 2.48. The molecule has 0 spiro atoms. The molecular weight excluding hydrogens is 353 g/mol. The molecular formula is C14H12Cl3NO2S. The molecule has 1 atom stereocenters. The zero-order valence-corrected chi connectivity index (χ0v) is 13.8. The predicted octanol–water partition coefficient (Wildman–Crippen LogP) is 4.25. The minimum Gasteiger partial charge on any atom is -0.207 e. The van der Waals surface area contributed by atoms with Crippen LogP contribution in [0.5, 0.6) is 0 Å². The number of rotatable bonds is 5. The number of alkyl halides is 1. The number of hydrogen-bond donors (Lipinski definition) is 1. The van der Waals surface area contributed by atoms with Crippen molar-refractivity contribution < 1.29 is 8.42 Å². The highest BCUT2D eigenvalue weighted by atomic mass is 35.5. The molecule has 1 unspecified atom stereocenters. The van der Waals surface area contributed by atoms with Gasteiger partial charge in [0.05, 0.1) is 21.0 Å². The van der Waals surface area contributed by atoms with Crippen LogP contribution in [0.15, 0.2) is 53.4 Å². The molecule has 0 saturated heterocycles. The highest BCUT2D eigenvalue weighted by molar-refractivity contribution is 7.89. The van der Waals surface area contributed by atoms with Crippen LogP contribution in [0.4, 0.5) is 0 Å². The lowest BCUT2D eigenvalue weighted by Gasteiger charge is -2.17. The molecule has 21 heavy (non-hydrogen) atoms. The Morgan fingerprint density at radius 1 is 1.00 bits per heavy atom. The second-order valence-electron chi connectivity index (χ2n) is 4.31. The van der Waals surface area contributed by atoms with E-state index in [1.807, 2.05) is 30.3 Å². The molecule has 0 amide bonds. The number of sulfonamides is 1. The molecule has 0 bridgehead atoms. The topological polar surface area (TPSA) is 46.2 Å². The maximum atomic E-state index is 12.4. The average molecular weight is 365 g/mol. The molecule has 0 aromatic heterocycles. The summed E-state index contributed by atoms with van der Waals surface area (Å²) < 4.78 is 27.3. The molecule has 0 fully saturated rings. The number of hydrogen-bond acceptors (Lipinski definition) is 2. The van der Waals surface area contributed by atoms with E-state index in [2.05, 4.69) is 4.72 Å². The molecule has 0 aliphatic heterocycles. The fourth-order valence-electron chi connectivity index (χ4n) is 1.77. The minimum atomic E-state index is -3.74. The van der Waals surface area contributed by atoms with Crippen LogP contribution in [-0.2, 0) is 10.0 Å². The van der Waals surface area contributed by atoms with Gasteiger partial charge in [0, 0.05) is 5.88 Å². The van der Waals surface area contributed by atoms with Gasteiger partial charge in [-0.1, -0.05) is 53.5 Å². The van der Waals surface area contributed by atoms with Crippen LogP contribution in [0.2, 0.25) is 10.0 Å². The van der Waals surface area contributed by atoms with Gasteiger partial charge in [0.1, 0.15) is 0 Å². The normalized spacial score (nSPS) is 13.1. The Hall–Kier alpha value is -0.780. The number of nitrogens with one attached hydrogen (secondary N) is 1. The summed E-state index contributed by atoms with van der Waals surface area (Å²) in [5.74, 6) is 0.116. The molecule has 2 rings (SSSR count). The summed E-state index contributed by atoms with van der Waals surface area (Å²) in [6, 6.07) is 12.7. The molecule has 0 aliphatic carbocycles. The third kappa shape index (κ3) is 4.11. The van der Waals surface area contributed by atoms with Crippen molar-refractivity contribution in [3.05, 3.63) is 64.1 Å². The first-order chi connectivity index (χ1) is 9.94. The molecule has 2 aromatic rings. The maximum absolute atomic E-state index is 12.4. The quantitative estimate of drug-likeness (QED) is 0.806. The fraction of sp³-hybridized carbons (Fsp3) is 0.143. The Balaban J connectivity index is 2.29. The molecule has 0 radical (unpaired) electrons.